The lowest BCUT2D eigenvalue weighted by Crippen LogP contribution is -2.39. The van der Waals surface area contributed by atoms with Crippen LogP contribution in [-0.2, 0) is 6.54 Å². The van der Waals surface area contributed by atoms with Crippen LogP contribution >= 0.6 is 0 Å². The van der Waals surface area contributed by atoms with Crippen LogP contribution in [0.5, 0.6) is 0 Å². The van der Waals surface area contributed by atoms with Gasteiger partial charge >= 0.3 is 0 Å². The van der Waals surface area contributed by atoms with Gasteiger partial charge in [0.2, 0.25) is 0 Å². The highest BCUT2D eigenvalue weighted by Gasteiger charge is 2.26. The van der Waals surface area contributed by atoms with E-state index in [4.69, 9.17) is 0 Å². The second-order valence-corrected chi connectivity index (χ2v) is 8.79. The van der Waals surface area contributed by atoms with Crippen LogP contribution in [0.15, 0.2) is 29.6 Å². The first-order chi connectivity index (χ1) is 15.2. The lowest BCUT2D eigenvalue weighted by Gasteiger charge is -2.38. The summed E-state index contributed by atoms with van der Waals surface area (Å²) in [4.78, 5) is 30.6. The van der Waals surface area contributed by atoms with E-state index in [0.717, 1.165) is 60.3 Å². The number of hydrogen-bond acceptors (Lipinski definition) is 4. The third-order valence-electron chi connectivity index (χ3n) is 6.56. The van der Waals surface area contributed by atoms with Crippen LogP contribution in [-0.4, -0.2) is 34.7 Å². The van der Waals surface area contributed by atoms with E-state index in [1.807, 2.05) is 32.9 Å². The van der Waals surface area contributed by atoms with Crippen LogP contribution < -0.4 is 15.8 Å². The van der Waals surface area contributed by atoms with Gasteiger partial charge in [-0.05, 0) is 88.3 Å². The number of aliphatic hydroxyl groups is 1. The number of nitrogens with one attached hydrogen (secondary N) is 2. The van der Waals surface area contributed by atoms with E-state index < -0.39 is 0 Å². The smallest absolute Gasteiger partial charge is 0.253 e. The Hall–Kier alpha value is -2.86. The lowest BCUT2D eigenvalue weighted by atomic mass is 9.90. The topological polar surface area (TPSA) is 85.4 Å². The standard InChI is InChI=1S/C26H35N3O3/c1-6-19-13-22(25(31)27-15-23-16(3)12-17(4)28-26(23)32)18(5)24(14-19)29(7-2)20-8-10-21(30)11-9-20/h6,12-14,20-21,30H,1,7-11,15H2,2-5H3,(H,27,31)(H,28,32). The fourth-order valence-corrected chi connectivity index (χ4v) is 4.73. The van der Waals surface area contributed by atoms with E-state index in [2.05, 4.69) is 34.8 Å². The monoisotopic (exact) mass is 437 g/mol. The molecule has 3 N–H and O–H groups in total. The number of amides is 1. The first-order valence-corrected chi connectivity index (χ1v) is 11.4. The largest absolute Gasteiger partial charge is 0.393 e. The highest BCUT2D eigenvalue weighted by molar-refractivity contribution is 5.98. The Morgan fingerprint density at radius 3 is 2.50 bits per heavy atom. The van der Waals surface area contributed by atoms with Gasteiger partial charge in [0.25, 0.3) is 11.5 Å². The highest BCUT2D eigenvalue weighted by atomic mass is 16.3. The molecule has 1 saturated carbocycles. The van der Waals surface area contributed by atoms with Crippen molar-refractivity contribution in [3.05, 3.63) is 68.6 Å². The molecule has 6 heteroatoms. The summed E-state index contributed by atoms with van der Waals surface area (Å²) in [6, 6.07) is 6.19. The number of carbonyl (C=O) groups excluding carboxylic acids is 1. The van der Waals surface area contributed by atoms with Gasteiger partial charge in [-0.15, -0.1) is 0 Å². The third kappa shape index (κ3) is 5.13. The molecule has 0 spiro atoms. The quantitative estimate of drug-likeness (QED) is 0.611. The fraction of sp³-hybridized carbons (Fsp3) is 0.462. The summed E-state index contributed by atoms with van der Waals surface area (Å²) in [7, 11) is 0. The first-order valence-electron chi connectivity index (χ1n) is 11.4. The predicted molar refractivity (Wildman–Crippen MR) is 130 cm³/mol. The number of H-pyrrole nitrogens is 1. The van der Waals surface area contributed by atoms with Gasteiger partial charge in [-0.1, -0.05) is 12.7 Å². The number of nitrogens with zero attached hydrogens (tertiary/aromatic N) is 1. The second-order valence-electron chi connectivity index (χ2n) is 8.79. The van der Waals surface area contributed by atoms with E-state index in [-0.39, 0.29) is 24.1 Å². The Kier molecular flexibility index (Phi) is 7.56. The van der Waals surface area contributed by atoms with Crippen molar-refractivity contribution < 1.29 is 9.90 Å². The van der Waals surface area contributed by atoms with Gasteiger partial charge in [0.05, 0.1) is 6.10 Å². The average Bonchev–Trinajstić information content (AvgIpc) is 2.75. The molecule has 0 radical (unpaired) electrons. The lowest BCUT2D eigenvalue weighted by molar-refractivity contribution is 0.0950. The highest BCUT2D eigenvalue weighted by Crippen LogP contribution is 2.32. The molecule has 32 heavy (non-hydrogen) atoms. The Balaban J connectivity index is 1.89. The zero-order valence-electron chi connectivity index (χ0n) is 19.6. The minimum atomic E-state index is -0.208. The summed E-state index contributed by atoms with van der Waals surface area (Å²) in [5, 5.41) is 12.8. The molecular formula is C26H35N3O3. The number of rotatable bonds is 7. The van der Waals surface area contributed by atoms with Crippen molar-refractivity contribution in [3.63, 3.8) is 0 Å². The number of pyridine rings is 1. The molecule has 172 valence electrons. The van der Waals surface area contributed by atoms with Gasteiger partial charge in [0.15, 0.2) is 0 Å². The van der Waals surface area contributed by atoms with Crippen molar-refractivity contribution >= 4 is 17.7 Å². The molecule has 1 aromatic heterocycles. The number of carbonyl (C=O) groups is 1. The minimum absolute atomic E-state index is 0.170. The molecule has 1 aliphatic rings. The zero-order chi connectivity index (χ0) is 23.4. The normalized spacial score (nSPS) is 18.3. The fourth-order valence-electron chi connectivity index (χ4n) is 4.73. The Morgan fingerprint density at radius 1 is 1.22 bits per heavy atom. The molecule has 0 saturated heterocycles. The van der Waals surface area contributed by atoms with Gasteiger partial charge < -0.3 is 20.3 Å². The molecule has 0 bridgehead atoms. The van der Waals surface area contributed by atoms with Crippen molar-refractivity contribution in [2.75, 3.05) is 11.4 Å². The van der Waals surface area contributed by atoms with Crippen LogP contribution in [0.1, 0.15) is 70.9 Å². The van der Waals surface area contributed by atoms with Gasteiger partial charge in [0.1, 0.15) is 0 Å². The molecule has 1 fully saturated rings. The third-order valence-corrected chi connectivity index (χ3v) is 6.56. The SMILES string of the molecule is C=Cc1cc(C(=O)NCc2c(C)cc(C)[nH]c2=O)c(C)c(N(CC)C2CCC(O)CC2)c1. The van der Waals surface area contributed by atoms with E-state index in [0.29, 0.717) is 17.2 Å². The van der Waals surface area contributed by atoms with Crippen LogP contribution in [0, 0.1) is 20.8 Å². The van der Waals surface area contributed by atoms with Crippen molar-refractivity contribution in [3.8, 4) is 0 Å². The molecule has 0 atom stereocenters. The maximum atomic E-state index is 13.2. The molecule has 3 rings (SSSR count). The molecule has 0 aliphatic heterocycles. The second kappa shape index (κ2) is 10.2. The van der Waals surface area contributed by atoms with Crippen LogP contribution in [0.25, 0.3) is 6.08 Å². The van der Waals surface area contributed by atoms with Crippen molar-refractivity contribution in [2.45, 2.75) is 72.1 Å². The summed E-state index contributed by atoms with van der Waals surface area (Å²) < 4.78 is 0. The van der Waals surface area contributed by atoms with Crippen LogP contribution in [0.3, 0.4) is 0 Å². The molecule has 1 aromatic carbocycles. The zero-order valence-corrected chi connectivity index (χ0v) is 19.6. The Bertz CT molecular complexity index is 1050. The minimum Gasteiger partial charge on any atom is -0.393 e. The number of aryl methyl sites for hydroxylation is 2. The van der Waals surface area contributed by atoms with E-state index >= 15 is 0 Å². The molecule has 6 nitrogen and oxygen atoms in total. The van der Waals surface area contributed by atoms with Crippen LogP contribution in [0.4, 0.5) is 5.69 Å². The maximum Gasteiger partial charge on any atom is 0.253 e. The molecular weight excluding hydrogens is 402 g/mol. The van der Waals surface area contributed by atoms with Gasteiger partial charge in [-0.2, -0.15) is 0 Å². The van der Waals surface area contributed by atoms with E-state index in [9.17, 15) is 14.7 Å². The molecule has 1 aliphatic carbocycles. The Morgan fingerprint density at radius 2 is 1.91 bits per heavy atom. The molecule has 0 unspecified atom stereocenters. The van der Waals surface area contributed by atoms with Gasteiger partial charge in [0, 0.05) is 41.6 Å². The average molecular weight is 438 g/mol. The number of anilines is 1. The van der Waals surface area contributed by atoms with Crippen molar-refractivity contribution in [1.82, 2.24) is 10.3 Å². The van der Waals surface area contributed by atoms with Crippen LogP contribution in [0.2, 0.25) is 0 Å². The summed E-state index contributed by atoms with van der Waals surface area (Å²) in [6.07, 6.45) is 5.03. The Labute approximate surface area is 190 Å². The summed E-state index contributed by atoms with van der Waals surface area (Å²) in [5.41, 5.74) is 5.48. The molecule has 1 amide bonds. The number of aromatic amines is 1. The number of aromatic nitrogens is 1. The van der Waals surface area contributed by atoms with Gasteiger partial charge in [-0.25, -0.2) is 0 Å². The molecule has 2 aromatic rings. The number of benzene rings is 1. The summed E-state index contributed by atoms with van der Waals surface area (Å²) in [5.74, 6) is -0.207. The van der Waals surface area contributed by atoms with E-state index in [1.165, 1.54) is 0 Å². The molecule has 1 heterocycles. The van der Waals surface area contributed by atoms with E-state index in [1.54, 1.807) is 6.08 Å². The summed E-state index contributed by atoms with van der Waals surface area (Å²) >= 11 is 0. The van der Waals surface area contributed by atoms with Crippen molar-refractivity contribution in [1.29, 1.82) is 0 Å². The first kappa shape index (κ1) is 23.8. The number of aliphatic hydroxyl groups excluding tert-OH is 1. The van der Waals surface area contributed by atoms with Gasteiger partial charge in [-0.3, -0.25) is 9.59 Å². The maximum absolute atomic E-state index is 13.2. The summed E-state index contributed by atoms with van der Waals surface area (Å²) in [6.45, 7) is 12.7. The predicted octanol–water partition coefficient (Wildman–Crippen LogP) is 4.00. The number of hydrogen-bond donors (Lipinski definition) is 3. The van der Waals surface area contributed by atoms with Crippen molar-refractivity contribution in [2.24, 2.45) is 0 Å².